The van der Waals surface area contributed by atoms with Crippen molar-refractivity contribution in [2.24, 2.45) is 11.8 Å². The van der Waals surface area contributed by atoms with Crippen LogP contribution in [0.5, 0.6) is 0 Å². The topological polar surface area (TPSA) is 102 Å². The van der Waals surface area contributed by atoms with Crippen LogP contribution in [0.15, 0.2) is 54.3 Å². The first kappa shape index (κ1) is 26.6. The summed E-state index contributed by atoms with van der Waals surface area (Å²) >= 11 is 0. The van der Waals surface area contributed by atoms with Crippen LogP contribution >= 0.6 is 0 Å². The van der Waals surface area contributed by atoms with Crippen molar-refractivity contribution in [3.05, 3.63) is 59.9 Å². The second-order valence-electron chi connectivity index (χ2n) is 9.67. The van der Waals surface area contributed by atoms with Crippen LogP contribution in [0, 0.1) is 11.8 Å². The van der Waals surface area contributed by atoms with Crippen LogP contribution in [-0.4, -0.2) is 65.4 Å². The van der Waals surface area contributed by atoms with Crippen molar-refractivity contribution < 1.29 is 33.7 Å². The number of amides is 2. The van der Waals surface area contributed by atoms with Crippen molar-refractivity contribution in [1.29, 1.82) is 0 Å². The number of carbonyl (C=O) groups excluding carboxylic acids is 3. The van der Waals surface area contributed by atoms with Crippen LogP contribution < -0.4 is 0 Å². The van der Waals surface area contributed by atoms with Gasteiger partial charge in [0.1, 0.15) is 11.4 Å². The van der Waals surface area contributed by atoms with Crippen LogP contribution in [0.1, 0.15) is 39.7 Å². The van der Waals surface area contributed by atoms with Crippen LogP contribution in [0.3, 0.4) is 0 Å². The SMILES string of the molecule is CC(C)[C@H]1N(C(=O)[C@H](Cc2ccccc2)[C@H]2OC(=CCCOCCO)C=CC2=O)C(=O)OC1(C)C. The molecule has 1 N–H and O–H groups in total. The lowest BCUT2D eigenvalue weighted by molar-refractivity contribution is -0.144. The maximum atomic E-state index is 14.0. The number of ketones is 1. The first-order valence-electron chi connectivity index (χ1n) is 12.0. The Morgan fingerprint density at radius 2 is 1.89 bits per heavy atom. The predicted molar refractivity (Wildman–Crippen MR) is 129 cm³/mol. The summed E-state index contributed by atoms with van der Waals surface area (Å²) < 4.78 is 16.9. The molecule has 3 rings (SSSR count). The molecule has 1 fully saturated rings. The smallest absolute Gasteiger partial charge is 0.417 e. The lowest BCUT2D eigenvalue weighted by Crippen LogP contribution is -2.53. The molecular weight excluding hydrogens is 450 g/mol. The van der Waals surface area contributed by atoms with E-state index in [1.54, 1.807) is 26.0 Å². The molecule has 0 spiro atoms. The van der Waals surface area contributed by atoms with E-state index >= 15 is 0 Å². The highest BCUT2D eigenvalue weighted by Gasteiger charge is 2.54. The van der Waals surface area contributed by atoms with Gasteiger partial charge in [-0.2, -0.15) is 0 Å². The summed E-state index contributed by atoms with van der Waals surface area (Å²) in [5.41, 5.74) is 0.00230. The normalized spacial score (nSPS) is 23.5. The maximum absolute atomic E-state index is 14.0. The molecule has 1 aromatic rings. The van der Waals surface area contributed by atoms with E-state index in [0.29, 0.717) is 18.8 Å². The standard InChI is InChI=1S/C27H35NO7/c1-18(2)24-27(3,4)35-26(32)28(24)25(31)21(17-19-9-6-5-7-10-19)23-22(30)13-12-20(34-23)11-8-15-33-16-14-29/h5-7,9-13,18,21,23-24,29H,8,14-17H2,1-4H3/t21-,23-,24-/m1/s1. The van der Waals surface area contributed by atoms with Gasteiger partial charge in [-0.3, -0.25) is 9.59 Å². The van der Waals surface area contributed by atoms with Crippen molar-refractivity contribution in [1.82, 2.24) is 4.90 Å². The number of ether oxygens (including phenoxy) is 3. The Bertz CT molecular complexity index is 967. The van der Waals surface area contributed by atoms with Crippen LogP contribution in [0.25, 0.3) is 0 Å². The van der Waals surface area contributed by atoms with Gasteiger partial charge in [-0.25, -0.2) is 9.69 Å². The summed E-state index contributed by atoms with van der Waals surface area (Å²) in [6.45, 7) is 8.03. The van der Waals surface area contributed by atoms with Crippen LogP contribution in [0.2, 0.25) is 0 Å². The molecule has 1 saturated heterocycles. The number of aliphatic hydroxyl groups is 1. The summed E-state index contributed by atoms with van der Waals surface area (Å²) in [6.07, 6.45) is 3.72. The van der Waals surface area contributed by atoms with Gasteiger partial charge in [-0.1, -0.05) is 44.2 Å². The fourth-order valence-corrected chi connectivity index (χ4v) is 4.81. The van der Waals surface area contributed by atoms with Gasteiger partial charge in [0.05, 0.1) is 31.8 Å². The van der Waals surface area contributed by atoms with Gasteiger partial charge in [-0.15, -0.1) is 0 Å². The van der Waals surface area contributed by atoms with Gasteiger partial charge < -0.3 is 19.3 Å². The molecule has 2 amide bonds. The lowest BCUT2D eigenvalue weighted by atomic mass is 9.85. The van der Waals surface area contributed by atoms with E-state index in [2.05, 4.69) is 0 Å². The molecule has 2 heterocycles. The molecule has 0 aromatic heterocycles. The summed E-state index contributed by atoms with van der Waals surface area (Å²) in [5.74, 6) is -1.33. The molecule has 0 bridgehead atoms. The maximum Gasteiger partial charge on any atom is 0.417 e. The van der Waals surface area contributed by atoms with Crippen molar-refractivity contribution in [2.75, 3.05) is 19.8 Å². The summed E-state index contributed by atoms with van der Waals surface area (Å²) in [5, 5.41) is 8.82. The van der Waals surface area contributed by atoms with Crippen molar-refractivity contribution >= 4 is 17.8 Å². The highest BCUT2D eigenvalue weighted by atomic mass is 16.6. The third-order valence-corrected chi connectivity index (χ3v) is 6.19. The van der Waals surface area contributed by atoms with Gasteiger partial charge >= 0.3 is 6.09 Å². The molecule has 2 aliphatic heterocycles. The van der Waals surface area contributed by atoms with Crippen LogP contribution in [-0.2, 0) is 30.2 Å². The molecule has 0 aliphatic carbocycles. The number of benzene rings is 1. The molecule has 2 aliphatic rings. The zero-order valence-corrected chi connectivity index (χ0v) is 20.8. The van der Waals surface area contributed by atoms with Gasteiger partial charge in [0.25, 0.3) is 0 Å². The second-order valence-corrected chi connectivity index (χ2v) is 9.67. The first-order chi connectivity index (χ1) is 16.7. The molecule has 3 atom stereocenters. The van der Waals surface area contributed by atoms with E-state index in [-0.39, 0.29) is 31.3 Å². The molecule has 0 unspecified atom stereocenters. The number of hydrogen-bond donors (Lipinski definition) is 1. The number of cyclic esters (lactones) is 1. The number of aliphatic hydroxyl groups excluding tert-OH is 1. The predicted octanol–water partition coefficient (Wildman–Crippen LogP) is 3.43. The Kier molecular flexibility index (Phi) is 8.86. The van der Waals surface area contributed by atoms with Gasteiger partial charge in [0.2, 0.25) is 5.91 Å². The van der Waals surface area contributed by atoms with Crippen LogP contribution in [0.4, 0.5) is 4.79 Å². The second kappa shape index (κ2) is 11.6. The average molecular weight is 486 g/mol. The number of nitrogens with zero attached hydrogens (tertiary/aromatic N) is 1. The van der Waals surface area contributed by atoms with E-state index in [1.165, 1.54) is 11.0 Å². The highest BCUT2D eigenvalue weighted by Crippen LogP contribution is 2.36. The molecular formula is C27H35NO7. The number of hydrogen-bond acceptors (Lipinski definition) is 7. The molecule has 190 valence electrons. The quantitative estimate of drug-likeness (QED) is 0.507. The minimum atomic E-state index is -1.08. The largest absolute Gasteiger partial charge is 0.482 e. The Hall–Kier alpha value is -2.97. The van der Waals surface area contributed by atoms with Crippen molar-refractivity contribution in [2.45, 2.75) is 58.3 Å². The monoisotopic (exact) mass is 485 g/mol. The summed E-state index contributed by atoms with van der Waals surface area (Å²) in [6, 6.07) is 8.88. The van der Waals surface area contributed by atoms with E-state index in [9.17, 15) is 14.4 Å². The van der Waals surface area contributed by atoms with Gasteiger partial charge in [0, 0.05) is 0 Å². The number of imide groups is 1. The minimum absolute atomic E-state index is 0.0463. The number of carbonyl (C=O) groups is 3. The highest BCUT2D eigenvalue weighted by molar-refractivity contribution is 6.02. The number of rotatable bonds is 10. The minimum Gasteiger partial charge on any atom is -0.482 e. The van der Waals surface area contributed by atoms with Gasteiger partial charge in [0.15, 0.2) is 11.9 Å². The average Bonchev–Trinajstić information content (AvgIpc) is 3.07. The molecule has 8 heteroatoms. The Morgan fingerprint density at radius 3 is 2.54 bits per heavy atom. The molecule has 0 radical (unpaired) electrons. The van der Waals surface area contributed by atoms with Crippen molar-refractivity contribution in [3.8, 4) is 0 Å². The van der Waals surface area contributed by atoms with Gasteiger partial charge in [-0.05, 0) is 56.4 Å². The Labute approximate surface area is 206 Å². The fourth-order valence-electron chi connectivity index (χ4n) is 4.81. The van der Waals surface area contributed by atoms with E-state index in [0.717, 1.165) is 5.56 Å². The summed E-state index contributed by atoms with van der Waals surface area (Å²) in [4.78, 5) is 40.9. The van der Waals surface area contributed by atoms with E-state index in [4.69, 9.17) is 19.3 Å². The third-order valence-electron chi connectivity index (χ3n) is 6.19. The number of allylic oxidation sites excluding steroid dienone is 1. The zero-order chi connectivity index (χ0) is 25.6. The molecule has 0 saturated carbocycles. The molecule has 8 nitrogen and oxygen atoms in total. The van der Waals surface area contributed by atoms with E-state index in [1.807, 2.05) is 44.2 Å². The van der Waals surface area contributed by atoms with E-state index < -0.39 is 35.7 Å². The third kappa shape index (κ3) is 6.38. The zero-order valence-electron chi connectivity index (χ0n) is 20.8. The molecule has 35 heavy (non-hydrogen) atoms. The fraction of sp³-hybridized carbons (Fsp3) is 0.519. The lowest BCUT2D eigenvalue weighted by Gasteiger charge is -2.35. The Morgan fingerprint density at radius 1 is 1.17 bits per heavy atom. The Balaban J connectivity index is 1.90. The molecule has 1 aromatic carbocycles. The van der Waals surface area contributed by atoms with Crippen molar-refractivity contribution in [3.63, 3.8) is 0 Å². The summed E-state index contributed by atoms with van der Waals surface area (Å²) in [7, 11) is 0. The first-order valence-corrected chi connectivity index (χ1v) is 12.0.